The molecule has 0 aliphatic carbocycles. The lowest BCUT2D eigenvalue weighted by Crippen LogP contribution is -2.30. The van der Waals surface area contributed by atoms with Crippen molar-refractivity contribution >= 4 is 11.7 Å². The van der Waals surface area contributed by atoms with E-state index in [-0.39, 0.29) is 5.91 Å². The number of ether oxygens (including phenoxy) is 1. The molecule has 0 spiro atoms. The first-order chi connectivity index (χ1) is 7.16. The van der Waals surface area contributed by atoms with E-state index in [4.69, 9.17) is 10.5 Å². The van der Waals surface area contributed by atoms with E-state index in [1.807, 2.05) is 6.92 Å². The molecular weight excluding hydrogens is 196 g/mol. The molecule has 84 valence electrons. The van der Waals surface area contributed by atoms with Gasteiger partial charge < -0.3 is 15.4 Å². The lowest BCUT2D eigenvalue weighted by molar-refractivity contribution is 0.0711. The zero-order valence-electron chi connectivity index (χ0n) is 8.99. The van der Waals surface area contributed by atoms with Gasteiger partial charge in [0.1, 0.15) is 11.4 Å². The lowest BCUT2D eigenvalue weighted by Gasteiger charge is -2.16. The number of aromatic amines is 1. The summed E-state index contributed by atoms with van der Waals surface area (Å²) in [6.45, 7) is 3.62. The third-order valence-electron chi connectivity index (χ3n) is 2.02. The van der Waals surface area contributed by atoms with Gasteiger partial charge in [-0.3, -0.25) is 9.89 Å². The predicted octanol–water partition coefficient (Wildman–Crippen LogP) is 0.100. The number of nitrogens with two attached hydrogens (primary N) is 1. The average molecular weight is 212 g/mol. The minimum absolute atomic E-state index is 0.152. The highest BCUT2D eigenvalue weighted by Crippen LogP contribution is 2.08. The normalized spacial score (nSPS) is 10.3. The summed E-state index contributed by atoms with van der Waals surface area (Å²) in [5.41, 5.74) is 5.93. The van der Waals surface area contributed by atoms with Crippen molar-refractivity contribution in [2.24, 2.45) is 0 Å². The molecule has 0 saturated heterocycles. The Morgan fingerprint density at radius 2 is 2.47 bits per heavy atom. The second kappa shape index (κ2) is 5.35. The number of carbonyl (C=O) groups excluding carboxylic acids is 1. The molecule has 1 heterocycles. The highest BCUT2D eigenvalue weighted by molar-refractivity contribution is 5.97. The number of carbonyl (C=O) groups is 1. The van der Waals surface area contributed by atoms with Crippen molar-refractivity contribution in [3.63, 3.8) is 0 Å². The number of nitrogen functional groups attached to an aromatic ring is 1. The van der Waals surface area contributed by atoms with Crippen molar-refractivity contribution in [1.29, 1.82) is 0 Å². The van der Waals surface area contributed by atoms with Gasteiger partial charge in [-0.15, -0.1) is 0 Å². The van der Waals surface area contributed by atoms with E-state index in [1.54, 1.807) is 11.9 Å². The number of H-pyrrole nitrogens is 1. The van der Waals surface area contributed by atoms with Gasteiger partial charge >= 0.3 is 0 Å². The summed E-state index contributed by atoms with van der Waals surface area (Å²) in [6, 6.07) is 0. The topological polar surface area (TPSA) is 84.2 Å². The van der Waals surface area contributed by atoms with Crippen LogP contribution in [-0.2, 0) is 4.74 Å². The summed E-state index contributed by atoms with van der Waals surface area (Å²) < 4.78 is 5.15. The first kappa shape index (κ1) is 11.5. The summed E-state index contributed by atoms with van der Waals surface area (Å²) >= 11 is 0. The number of hydrogen-bond acceptors (Lipinski definition) is 4. The second-order valence-corrected chi connectivity index (χ2v) is 3.12. The van der Waals surface area contributed by atoms with Crippen LogP contribution in [0.2, 0.25) is 0 Å². The van der Waals surface area contributed by atoms with Crippen molar-refractivity contribution in [3.8, 4) is 0 Å². The molecule has 0 aliphatic rings. The maximum atomic E-state index is 11.8. The molecule has 0 aliphatic heterocycles. The van der Waals surface area contributed by atoms with E-state index < -0.39 is 0 Å². The molecule has 15 heavy (non-hydrogen) atoms. The smallest absolute Gasteiger partial charge is 0.259 e. The minimum Gasteiger partial charge on any atom is -0.383 e. The van der Waals surface area contributed by atoms with Crippen LogP contribution in [0.5, 0.6) is 0 Å². The van der Waals surface area contributed by atoms with E-state index in [1.165, 1.54) is 6.20 Å². The van der Waals surface area contributed by atoms with Crippen LogP contribution in [-0.4, -0.2) is 47.8 Å². The Bertz CT molecular complexity index is 324. The Labute approximate surface area is 88.4 Å². The fourth-order valence-corrected chi connectivity index (χ4v) is 1.12. The first-order valence-electron chi connectivity index (χ1n) is 4.78. The van der Waals surface area contributed by atoms with Gasteiger partial charge in [-0.05, 0) is 6.92 Å². The molecular formula is C9H16N4O2. The minimum atomic E-state index is -0.152. The SMILES string of the molecule is CCOCCN(C)C(=O)c1cn[nH]c1N. The molecule has 1 aromatic heterocycles. The summed E-state index contributed by atoms with van der Waals surface area (Å²) in [5, 5.41) is 6.21. The molecule has 0 atom stereocenters. The van der Waals surface area contributed by atoms with E-state index in [2.05, 4.69) is 10.2 Å². The maximum Gasteiger partial charge on any atom is 0.259 e. The second-order valence-electron chi connectivity index (χ2n) is 3.12. The molecule has 0 radical (unpaired) electrons. The number of nitrogens with zero attached hydrogens (tertiary/aromatic N) is 2. The van der Waals surface area contributed by atoms with Crippen LogP contribution < -0.4 is 5.73 Å². The third kappa shape index (κ3) is 2.95. The number of amides is 1. The van der Waals surface area contributed by atoms with Gasteiger partial charge in [0.2, 0.25) is 0 Å². The van der Waals surface area contributed by atoms with Crippen LogP contribution in [0.1, 0.15) is 17.3 Å². The van der Waals surface area contributed by atoms with E-state index in [0.717, 1.165) is 0 Å². The molecule has 6 heteroatoms. The van der Waals surface area contributed by atoms with Gasteiger partial charge in [0, 0.05) is 20.2 Å². The van der Waals surface area contributed by atoms with Crippen molar-refractivity contribution in [3.05, 3.63) is 11.8 Å². The molecule has 0 saturated carbocycles. The zero-order valence-corrected chi connectivity index (χ0v) is 8.99. The molecule has 1 rings (SSSR count). The molecule has 6 nitrogen and oxygen atoms in total. The van der Waals surface area contributed by atoms with Gasteiger partial charge in [0.25, 0.3) is 5.91 Å². The Morgan fingerprint density at radius 3 is 3.00 bits per heavy atom. The highest BCUT2D eigenvalue weighted by Gasteiger charge is 2.15. The van der Waals surface area contributed by atoms with Crippen molar-refractivity contribution in [2.45, 2.75) is 6.92 Å². The molecule has 1 amide bonds. The van der Waals surface area contributed by atoms with Crippen LogP contribution >= 0.6 is 0 Å². The lowest BCUT2D eigenvalue weighted by atomic mass is 10.3. The number of nitrogens with one attached hydrogen (secondary N) is 1. The highest BCUT2D eigenvalue weighted by atomic mass is 16.5. The van der Waals surface area contributed by atoms with Gasteiger partial charge in [-0.25, -0.2) is 0 Å². The molecule has 0 aromatic carbocycles. The zero-order chi connectivity index (χ0) is 11.3. The summed E-state index contributed by atoms with van der Waals surface area (Å²) in [6.07, 6.45) is 1.43. The van der Waals surface area contributed by atoms with Gasteiger partial charge in [-0.2, -0.15) is 5.10 Å². The van der Waals surface area contributed by atoms with Gasteiger partial charge in [0.05, 0.1) is 12.8 Å². The Kier molecular flexibility index (Phi) is 4.11. The fourth-order valence-electron chi connectivity index (χ4n) is 1.12. The van der Waals surface area contributed by atoms with E-state index in [9.17, 15) is 4.79 Å². The largest absolute Gasteiger partial charge is 0.383 e. The van der Waals surface area contributed by atoms with Crippen molar-refractivity contribution in [1.82, 2.24) is 15.1 Å². The summed E-state index contributed by atoms with van der Waals surface area (Å²) in [5.74, 6) is 0.143. The number of rotatable bonds is 5. The molecule has 3 N–H and O–H groups in total. The van der Waals surface area contributed by atoms with Crippen LogP contribution in [0.3, 0.4) is 0 Å². The monoisotopic (exact) mass is 212 g/mol. The molecule has 1 aromatic rings. The summed E-state index contributed by atoms with van der Waals surface area (Å²) in [7, 11) is 1.70. The number of likely N-dealkylation sites (N-methyl/N-ethyl adjacent to an activating group) is 1. The Balaban J connectivity index is 2.50. The van der Waals surface area contributed by atoms with Crippen LogP contribution in [0.15, 0.2) is 6.20 Å². The first-order valence-corrected chi connectivity index (χ1v) is 4.78. The molecule has 0 bridgehead atoms. The van der Waals surface area contributed by atoms with Crippen molar-refractivity contribution < 1.29 is 9.53 Å². The van der Waals surface area contributed by atoms with Crippen LogP contribution in [0.25, 0.3) is 0 Å². The summed E-state index contributed by atoms with van der Waals surface area (Å²) in [4.78, 5) is 13.3. The molecule has 0 unspecified atom stereocenters. The fraction of sp³-hybridized carbons (Fsp3) is 0.556. The van der Waals surface area contributed by atoms with Crippen LogP contribution in [0, 0.1) is 0 Å². The maximum absolute atomic E-state index is 11.8. The van der Waals surface area contributed by atoms with Crippen LogP contribution in [0.4, 0.5) is 5.82 Å². The number of aromatic nitrogens is 2. The number of hydrogen-bond donors (Lipinski definition) is 2. The standard InChI is InChI=1S/C9H16N4O2/c1-3-15-5-4-13(2)9(14)7-6-11-12-8(7)10/h6H,3-5H2,1-2H3,(H3,10,11,12). The average Bonchev–Trinajstić information content (AvgIpc) is 2.63. The predicted molar refractivity (Wildman–Crippen MR) is 56.5 cm³/mol. The van der Waals surface area contributed by atoms with E-state index >= 15 is 0 Å². The third-order valence-corrected chi connectivity index (χ3v) is 2.02. The van der Waals surface area contributed by atoms with Gasteiger partial charge in [0.15, 0.2) is 0 Å². The molecule has 0 fully saturated rings. The quantitative estimate of drug-likeness (QED) is 0.678. The Hall–Kier alpha value is -1.56. The van der Waals surface area contributed by atoms with Crippen molar-refractivity contribution in [2.75, 3.05) is 32.5 Å². The Morgan fingerprint density at radius 1 is 1.73 bits per heavy atom. The van der Waals surface area contributed by atoms with Gasteiger partial charge in [-0.1, -0.05) is 0 Å². The number of anilines is 1. The van der Waals surface area contributed by atoms with E-state index in [0.29, 0.717) is 31.1 Å².